The summed E-state index contributed by atoms with van der Waals surface area (Å²) in [6.07, 6.45) is 2.20. The highest BCUT2D eigenvalue weighted by Crippen LogP contribution is 2.56. The number of urea groups is 1. The number of aromatic amines is 1. The van der Waals surface area contributed by atoms with Gasteiger partial charge in [-0.05, 0) is 25.7 Å². The van der Waals surface area contributed by atoms with Crippen molar-refractivity contribution in [3.8, 4) is 0 Å². The third-order valence-electron chi connectivity index (χ3n) is 8.33. The van der Waals surface area contributed by atoms with Gasteiger partial charge >= 0.3 is 12.3 Å². The summed E-state index contributed by atoms with van der Waals surface area (Å²) >= 11 is 0. The van der Waals surface area contributed by atoms with Gasteiger partial charge in [-0.15, -0.1) is 13.2 Å². The molecule has 2 aromatic rings. The number of hydrogen-bond donors (Lipinski definition) is 1. The fourth-order valence-electron chi connectivity index (χ4n) is 6.53. The van der Waals surface area contributed by atoms with E-state index in [1.165, 1.54) is 19.0 Å². The van der Waals surface area contributed by atoms with Gasteiger partial charge < -0.3 is 9.80 Å². The number of alkyl halides is 3. The van der Waals surface area contributed by atoms with Crippen LogP contribution < -0.4 is 0 Å². The molecule has 0 bridgehead atoms. The van der Waals surface area contributed by atoms with Gasteiger partial charge in [0.25, 0.3) is 0 Å². The van der Waals surface area contributed by atoms with E-state index in [2.05, 4.69) is 20.2 Å². The van der Waals surface area contributed by atoms with E-state index in [1.54, 1.807) is 0 Å². The Labute approximate surface area is 194 Å². The lowest BCUT2D eigenvalue weighted by atomic mass is 9.57. The van der Waals surface area contributed by atoms with Gasteiger partial charge in [0.15, 0.2) is 5.82 Å². The molecule has 1 N–H and O–H groups in total. The van der Waals surface area contributed by atoms with Gasteiger partial charge in [-0.25, -0.2) is 19.3 Å². The molecule has 9 nitrogen and oxygen atoms in total. The summed E-state index contributed by atoms with van der Waals surface area (Å²) in [4.78, 5) is 27.2. The Hall–Kier alpha value is -2.63. The summed E-state index contributed by atoms with van der Waals surface area (Å²) in [7, 11) is 0. The van der Waals surface area contributed by atoms with E-state index in [4.69, 9.17) is 0 Å². The first-order chi connectivity index (χ1) is 16.2. The Morgan fingerprint density at radius 2 is 1.71 bits per heavy atom. The second-order valence-electron chi connectivity index (χ2n) is 11.3. The van der Waals surface area contributed by atoms with Crippen LogP contribution in [-0.4, -0.2) is 84.7 Å². The van der Waals surface area contributed by atoms with Gasteiger partial charge in [0.05, 0.1) is 6.54 Å². The van der Waals surface area contributed by atoms with Crippen LogP contribution in [-0.2, 0) is 12.8 Å². The van der Waals surface area contributed by atoms with Gasteiger partial charge in [0, 0.05) is 74.3 Å². The molecule has 5 heterocycles. The van der Waals surface area contributed by atoms with E-state index in [9.17, 15) is 18.0 Å². The Morgan fingerprint density at radius 3 is 2.35 bits per heavy atom. The SMILES string of the molecule is O=C(N1CC2(CC(c3n[nH]c(C4CC4)n3)C2)C1)N1CC2(CN(Cc3nccn3C(F)(F)F)C2)C1. The van der Waals surface area contributed by atoms with Crippen LogP contribution in [0.25, 0.3) is 0 Å². The highest BCUT2D eigenvalue weighted by Gasteiger charge is 2.58. The van der Waals surface area contributed by atoms with E-state index < -0.39 is 6.30 Å². The summed E-state index contributed by atoms with van der Waals surface area (Å²) in [6.45, 7) is 4.55. The minimum absolute atomic E-state index is 0.00749. The largest absolute Gasteiger partial charge is 0.489 e. The van der Waals surface area contributed by atoms with E-state index >= 15 is 0 Å². The lowest BCUT2D eigenvalue weighted by Gasteiger charge is -2.63. The summed E-state index contributed by atoms with van der Waals surface area (Å²) in [5.74, 6) is 2.97. The smallest absolute Gasteiger partial charge is 0.323 e. The topological polar surface area (TPSA) is 86.2 Å². The third kappa shape index (κ3) is 3.24. The Bertz CT molecular complexity index is 1110. The highest BCUT2D eigenvalue weighted by molar-refractivity contribution is 5.77. The summed E-state index contributed by atoms with van der Waals surface area (Å²) in [5.41, 5.74) is 0.261. The molecular formula is C22H27F3N8O. The molecule has 182 valence electrons. The molecule has 2 aliphatic carbocycles. The van der Waals surface area contributed by atoms with E-state index in [1.807, 2.05) is 14.7 Å². The van der Waals surface area contributed by atoms with Crippen LogP contribution in [0.4, 0.5) is 18.0 Å². The molecule has 2 spiro atoms. The van der Waals surface area contributed by atoms with Crippen molar-refractivity contribution in [2.24, 2.45) is 10.8 Å². The lowest BCUT2D eigenvalue weighted by molar-refractivity contribution is -0.206. The minimum atomic E-state index is -4.45. The Morgan fingerprint density at radius 1 is 1.03 bits per heavy atom. The monoisotopic (exact) mass is 476 g/mol. The quantitative estimate of drug-likeness (QED) is 0.733. The van der Waals surface area contributed by atoms with Crippen molar-refractivity contribution in [1.82, 2.24) is 39.4 Å². The number of carbonyl (C=O) groups excluding carboxylic acids is 1. The fraction of sp³-hybridized carbons (Fsp3) is 0.727. The van der Waals surface area contributed by atoms with E-state index in [0.29, 0.717) is 38.0 Å². The van der Waals surface area contributed by atoms with Crippen molar-refractivity contribution < 1.29 is 18.0 Å². The van der Waals surface area contributed by atoms with Crippen LogP contribution in [0, 0.1) is 10.8 Å². The number of imidazole rings is 1. The lowest BCUT2D eigenvalue weighted by Crippen LogP contribution is -2.75. The molecule has 3 aliphatic heterocycles. The molecule has 7 rings (SSSR count). The number of nitrogens with zero attached hydrogens (tertiary/aromatic N) is 7. The number of nitrogens with one attached hydrogen (secondary N) is 1. The van der Waals surface area contributed by atoms with Gasteiger partial charge in [-0.1, -0.05) is 0 Å². The predicted octanol–water partition coefficient (Wildman–Crippen LogP) is 2.47. The number of rotatable bonds is 4. The standard InChI is InChI=1S/C22H27F3N8O/c23-22(24,25)33-4-3-26-16(33)7-30-8-21(9-30)12-32(13-21)19(34)31-10-20(11-31)5-15(6-20)18-27-17(28-29-18)14-1-2-14/h3-4,14-15H,1-2,5-13H2,(H,27,28,29). The molecule has 3 saturated heterocycles. The number of carbonyl (C=O) groups is 1. The molecule has 2 amide bonds. The van der Waals surface area contributed by atoms with E-state index in [0.717, 1.165) is 43.8 Å². The van der Waals surface area contributed by atoms with Gasteiger partial charge in [-0.2, -0.15) is 5.10 Å². The van der Waals surface area contributed by atoms with Gasteiger partial charge in [-0.3, -0.25) is 10.00 Å². The average Bonchev–Trinajstić information content (AvgIpc) is 3.19. The number of H-pyrrole nitrogens is 1. The molecule has 0 radical (unpaired) electrons. The maximum Gasteiger partial charge on any atom is 0.489 e. The van der Waals surface area contributed by atoms with Crippen LogP contribution in [0.15, 0.2) is 12.4 Å². The molecule has 5 fully saturated rings. The maximum atomic E-state index is 13.0. The number of amides is 2. The number of likely N-dealkylation sites (tertiary alicyclic amines) is 3. The van der Waals surface area contributed by atoms with Crippen LogP contribution in [0.1, 0.15) is 55.0 Å². The van der Waals surface area contributed by atoms with Crippen LogP contribution in [0.3, 0.4) is 0 Å². The predicted molar refractivity (Wildman–Crippen MR) is 113 cm³/mol. The zero-order chi connectivity index (χ0) is 23.3. The zero-order valence-electron chi connectivity index (χ0n) is 18.8. The van der Waals surface area contributed by atoms with Gasteiger partial charge in [0.1, 0.15) is 11.6 Å². The molecule has 34 heavy (non-hydrogen) atoms. The van der Waals surface area contributed by atoms with Crippen molar-refractivity contribution >= 4 is 6.03 Å². The number of halogens is 3. The number of aromatic nitrogens is 5. The normalized spacial score (nSPS) is 25.7. The first-order valence-corrected chi connectivity index (χ1v) is 12.0. The molecule has 0 unspecified atom stereocenters. The van der Waals surface area contributed by atoms with Crippen molar-refractivity contribution in [2.45, 2.75) is 50.4 Å². The van der Waals surface area contributed by atoms with Crippen molar-refractivity contribution in [2.75, 3.05) is 39.3 Å². The Balaban J connectivity index is 0.856. The molecule has 5 aliphatic rings. The molecular weight excluding hydrogens is 449 g/mol. The fourth-order valence-corrected chi connectivity index (χ4v) is 6.53. The second-order valence-corrected chi connectivity index (χ2v) is 11.3. The van der Waals surface area contributed by atoms with Crippen LogP contribution >= 0.6 is 0 Å². The summed E-state index contributed by atoms with van der Waals surface area (Å²) in [5, 5.41) is 7.51. The average molecular weight is 477 g/mol. The first kappa shape index (κ1) is 20.7. The first-order valence-electron chi connectivity index (χ1n) is 12.0. The molecule has 12 heteroatoms. The molecule has 2 aromatic heterocycles. The Kier molecular flexibility index (Phi) is 4.10. The van der Waals surface area contributed by atoms with E-state index in [-0.39, 0.29) is 33.8 Å². The van der Waals surface area contributed by atoms with Crippen LogP contribution in [0.5, 0.6) is 0 Å². The minimum Gasteiger partial charge on any atom is -0.323 e. The van der Waals surface area contributed by atoms with Gasteiger partial charge in [0.2, 0.25) is 0 Å². The maximum absolute atomic E-state index is 13.0. The zero-order valence-corrected chi connectivity index (χ0v) is 18.8. The summed E-state index contributed by atoms with van der Waals surface area (Å²) < 4.78 is 39.3. The van der Waals surface area contributed by atoms with Crippen molar-refractivity contribution in [1.29, 1.82) is 0 Å². The van der Waals surface area contributed by atoms with Crippen molar-refractivity contribution in [3.63, 3.8) is 0 Å². The second kappa shape index (κ2) is 6.73. The highest BCUT2D eigenvalue weighted by atomic mass is 19.4. The molecule has 0 aromatic carbocycles. The third-order valence-corrected chi connectivity index (χ3v) is 8.33. The molecule has 2 saturated carbocycles. The number of hydrogen-bond acceptors (Lipinski definition) is 5. The molecule has 0 atom stereocenters. The summed E-state index contributed by atoms with van der Waals surface area (Å²) in [6, 6.07) is 0.0969. The van der Waals surface area contributed by atoms with Crippen LogP contribution in [0.2, 0.25) is 0 Å². The van der Waals surface area contributed by atoms with Crippen molar-refractivity contribution in [3.05, 3.63) is 29.9 Å².